The quantitative estimate of drug-likeness (QED) is 0.448. The van der Waals surface area contributed by atoms with Gasteiger partial charge in [-0.3, -0.25) is 0 Å². The first-order valence-electron chi connectivity index (χ1n) is 3.87. The standard InChI is InChI=1S/C10H2N2O4/c13-3-7-8(4-14)10(12-6-16)2-1-9(7)11-5-15/h1-2H. The first-order valence-corrected chi connectivity index (χ1v) is 3.87. The van der Waals surface area contributed by atoms with Crippen LogP contribution in [-0.4, -0.2) is 24.0 Å². The Balaban J connectivity index is 3.97. The lowest BCUT2D eigenvalue weighted by atomic mass is 10.2. The summed E-state index contributed by atoms with van der Waals surface area (Å²) in [5, 5.41) is -0.593. The van der Waals surface area contributed by atoms with E-state index in [0.29, 0.717) is 0 Å². The van der Waals surface area contributed by atoms with Crippen LogP contribution in [0.1, 0.15) is 0 Å². The molecule has 0 aliphatic heterocycles. The molecule has 0 atom stereocenters. The average Bonchev–Trinajstić information content (AvgIpc) is 2.31. The smallest absolute Gasteiger partial charge is 0.233 e. The van der Waals surface area contributed by atoms with Crippen molar-refractivity contribution < 1.29 is 19.2 Å². The summed E-state index contributed by atoms with van der Waals surface area (Å²) in [5.41, 5.74) is -0.179. The van der Waals surface area contributed by atoms with Gasteiger partial charge in [0.25, 0.3) is 0 Å². The van der Waals surface area contributed by atoms with Gasteiger partial charge in [-0.25, -0.2) is 19.2 Å². The third-order valence-corrected chi connectivity index (χ3v) is 1.70. The second-order valence-electron chi connectivity index (χ2n) is 2.46. The van der Waals surface area contributed by atoms with Crippen molar-refractivity contribution in [2.24, 2.45) is 9.98 Å². The Kier molecular flexibility index (Phi) is 3.59. The van der Waals surface area contributed by atoms with Crippen LogP contribution in [0, 0.1) is 0 Å². The summed E-state index contributed by atoms with van der Waals surface area (Å²) in [7, 11) is 0. The summed E-state index contributed by atoms with van der Waals surface area (Å²) >= 11 is 0. The first kappa shape index (κ1) is 11.2. The molecule has 0 aliphatic rings. The fourth-order valence-corrected chi connectivity index (χ4v) is 1.07. The molecule has 1 rings (SSSR count). The summed E-state index contributed by atoms with van der Waals surface area (Å²) in [5.74, 6) is 2.85. The summed E-state index contributed by atoms with van der Waals surface area (Å²) in [6.07, 6.45) is 2.44. The van der Waals surface area contributed by atoms with Crippen LogP contribution in [0.4, 0.5) is 11.4 Å². The largest absolute Gasteiger partial charge is 0.240 e. The number of benzene rings is 1. The molecule has 0 N–H and O–H groups in total. The lowest BCUT2D eigenvalue weighted by Crippen LogP contribution is -2.27. The van der Waals surface area contributed by atoms with Crippen LogP contribution in [0.25, 0.3) is 0 Å². The Hall–Kier alpha value is -2.86. The summed E-state index contributed by atoms with van der Waals surface area (Å²) < 4.78 is 0. The molecule has 1 aromatic rings. The normalized spacial score (nSPS) is 8.00. The van der Waals surface area contributed by atoms with Crippen molar-refractivity contribution in [2.75, 3.05) is 0 Å². The molecule has 0 radical (unpaired) electrons. The molecule has 6 nitrogen and oxygen atoms in total. The Morgan fingerprint density at radius 3 is 1.38 bits per heavy atom. The molecule has 0 amide bonds. The van der Waals surface area contributed by atoms with E-state index >= 15 is 0 Å². The van der Waals surface area contributed by atoms with Gasteiger partial charge in [0.2, 0.25) is 12.2 Å². The minimum atomic E-state index is -0.296. The Bertz CT molecular complexity index is 623. The number of aliphatic imine (C=N–C) groups is 2. The second-order valence-corrected chi connectivity index (χ2v) is 2.46. The van der Waals surface area contributed by atoms with E-state index in [1.165, 1.54) is 36.2 Å². The molecule has 6 heteroatoms. The van der Waals surface area contributed by atoms with E-state index in [-0.39, 0.29) is 21.8 Å². The maximum absolute atomic E-state index is 10.6. The zero-order valence-corrected chi connectivity index (χ0v) is 7.68. The predicted octanol–water partition coefficient (Wildman–Crippen LogP) is -1.37. The van der Waals surface area contributed by atoms with E-state index in [1.807, 2.05) is 0 Å². The Morgan fingerprint density at radius 2 is 1.12 bits per heavy atom. The van der Waals surface area contributed by atoms with Crippen LogP contribution in [0.15, 0.2) is 22.1 Å². The van der Waals surface area contributed by atoms with Crippen molar-refractivity contribution in [2.45, 2.75) is 0 Å². The molecule has 0 spiro atoms. The van der Waals surface area contributed by atoms with Crippen molar-refractivity contribution in [3.05, 3.63) is 22.6 Å². The lowest BCUT2D eigenvalue weighted by Gasteiger charge is -1.92. The van der Waals surface area contributed by atoms with Crippen LogP contribution in [0.5, 0.6) is 0 Å². The van der Waals surface area contributed by atoms with Gasteiger partial charge in [-0.1, -0.05) is 0 Å². The van der Waals surface area contributed by atoms with Gasteiger partial charge in [0.05, 0.1) is 11.4 Å². The highest BCUT2D eigenvalue weighted by molar-refractivity contribution is 5.70. The zero-order chi connectivity index (χ0) is 12.0. The predicted molar refractivity (Wildman–Crippen MR) is 50.8 cm³/mol. The minimum absolute atomic E-state index is 0.0896. The van der Waals surface area contributed by atoms with E-state index in [1.54, 1.807) is 0 Å². The number of carbonyl (C=O) groups excluding carboxylic acids is 4. The second kappa shape index (κ2) is 5.13. The Labute approximate surface area is 87.9 Å². The first-order chi connectivity index (χ1) is 7.78. The SMILES string of the molecule is O=C=Nc1ccc(N=C=O)c(=C=O)c1=C=O. The lowest BCUT2D eigenvalue weighted by molar-refractivity contribution is 0.563. The highest BCUT2D eigenvalue weighted by Gasteiger charge is 2.02. The van der Waals surface area contributed by atoms with E-state index in [9.17, 15) is 19.2 Å². The molecule has 1 aromatic carbocycles. The van der Waals surface area contributed by atoms with Crippen molar-refractivity contribution in [1.82, 2.24) is 0 Å². The molecule has 0 unspecified atom stereocenters. The van der Waals surface area contributed by atoms with Crippen molar-refractivity contribution in [3.8, 4) is 0 Å². The molecule has 76 valence electrons. The van der Waals surface area contributed by atoms with E-state index in [0.717, 1.165) is 0 Å². The van der Waals surface area contributed by atoms with Crippen LogP contribution in [-0.2, 0) is 19.2 Å². The average molecular weight is 214 g/mol. The molecular weight excluding hydrogens is 212 g/mol. The third kappa shape index (κ3) is 1.97. The minimum Gasteiger partial charge on any atom is -0.233 e. The molecule has 0 fully saturated rings. The summed E-state index contributed by atoms with van der Waals surface area (Å²) in [6, 6.07) is 2.45. The molecule has 16 heavy (non-hydrogen) atoms. The maximum Gasteiger partial charge on any atom is 0.240 e. The van der Waals surface area contributed by atoms with Gasteiger partial charge in [-0.2, -0.15) is 9.98 Å². The fourth-order valence-electron chi connectivity index (χ4n) is 1.07. The molecule has 0 aliphatic carbocycles. The molecule has 0 saturated carbocycles. The van der Waals surface area contributed by atoms with E-state index in [2.05, 4.69) is 9.98 Å². The van der Waals surface area contributed by atoms with Crippen LogP contribution >= 0.6 is 0 Å². The van der Waals surface area contributed by atoms with Gasteiger partial charge >= 0.3 is 0 Å². The molecular formula is C10H2N2O4. The van der Waals surface area contributed by atoms with Gasteiger partial charge in [0.1, 0.15) is 22.3 Å². The van der Waals surface area contributed by atoms with Gasteiger partial charge in [-0.15, -0.1) is 0 Å². The van der Waals surface area contributed by atoms with Crippen LogP contribution < -0.4 is 10.4 Å². The molecule has 0 saturated heterocycles. The monoisotopic (exact) mass is 214 g/mol. The van der Waals surface area contributed by atoms with Crippen molar-refractivity contribution >= 4 is 35.4 Å². The van der Waals surface area contributed by atoms with Crippen molar-refractivity contribution in [1.29, 1.82) is 0 Å². The highest BCUT2D eigenvalue weighted by Crippen LogP contribution is 2.06. The molecule has 0 bridgehead atoms. The number of rotatable bonds is 2. The molecule has 0 heterocycles. The van der Waals surface area contributed by atoms with Crippen LogP contribution in [0.3, 0.4) is 0 Å². The van der Waals surface area contributed by atoms with Gasteiger partial charge < -0.3 is 0 Å². The van der Waals surface area contributed by atoms with Crippen LogP contribution in [0.2, 0.25) is 0 Å². The number of hydrogen-bond acceptors (Lipinski definition) is 6. The van der Waals surface area contributed by atoms with E-state index in [4.69, 9.17) is 0 Å². The maximum atomic E-state index is 10.6. The third-order valence-electron chi connectivity index (χ3n) is 1.70. The summed E-state index contributed by atoms with van der Waals surface area (Å²) in [6.45, 7) is 0. The number of nitrogens with zero attached hydrogens (tertiary/aromatic N) is 2. The Morgan fingerprint density at radius 1 is 0.750 bits per heavy atom. The number of isocyanates is 2. The number of hydrogen-bond donors (Lipinski definition) is 0. The van der Waals surface area contributed by atoms with E-state index < -0.39 is 0 Å². The van der Waals surface area contributed by atoms with Gasteiger partial charge in [0.15, 0.2) is 0 Å². The zero-order valence-electron chi connectivity index (χ0n) is 7.68. The van der Waals surface area contributed by atoms with Crippen molar-refractivity contribution in [3.63, 3.8) is 0 Å². The van der Waals surface area contributed by atoms with Gasteiger partial charge in [0, 0.05) is 0 Å². The topological polar surface area (TPSA) is 93.0 Å². The van der Waals surface area contributed by atoms with Gasteiger partial charge in [-0.05, 0) is 12.1 Å². The highest BCUT2D eigenvalue weighted by atomic mass is 16.1. The summed E-state index contributed by atoms with van der Waals surface area (Å²) in [4.78, 5) is 47.7. The molecule has 0 aromatic heterocycles. The fraction of sp³-hybridized carbons (Fsp3) is 0.